The van der Waals surface area contributed by atoms with Gasteiger partial charge in [0.15, 0.2) is 0 Å². The van der Waals surface area contributed by atoms with Crippen LogP contribution in [0.25, 0.3) is 0 Å². The average molecular weight is 262 g/mol. The lowest BCUT2D eigenvalue weighted by molar-refractivity contribution is 0.0526. The van der Waals surface area contributed by atoms with Crippen LogP contribution < -0.4 is 10.6 Å². The van der Waals surface area contributed by atoms with Crippen molar-refractivity contribution >= 4 is 17.3 Å². The van der Waals surface area contributed by atoms with Gasteiger partial charge in [0.1, 0.15) is 0 Å². The molecule has 0 aromatic heterocycles. The first-order chi connectivity index (χ1) is 9.02. The first-order valence-electron chi connectivity index (χ1n) is 6.84. The summed E-state index contributed by atoms with van der Waals surface area (Å²) < 4.78 is 5.03. The molecule has 0 spiro atoms. The molecule has 0 amide bonds. The monoisotopic (exact) mass is 262 g/mol. The van der Waals surface area contributed by atoms with Gasteiger partial charge in [-0.3, -0.25) is 0 Å². The molecule has 1 saturated heterocycles. The Morgan fingerprint density at radius 2 is 2.00 bits per heavy atom. The number of esters is 1. The van der Waals surface area contributed by atoms with E-state index in [1.165, 1.54) is 0 Å². The van der Waals surface area contributed by atoms with E-state index < -0.39 is 0 Å². The molecule has 1 heterocycles. The summed E-state index contributed by atoms with van der Waals surface area (Å²) in [5.41, 5.74) is 8.27. The maximum absolute atomic E-state index is 11.8. The standard InChI is InChI=1S/C15H22N2O2/c1-4-19-15(18)12-5-6-13(16)14(7-12)17-8-10(2)11(3)9-17/h5-7,10-11H,4,8-9,16H2,1-3H3. The van der Waals surface area contributed by atoms with Gasteiger partial charge >= 0.3 is 5.97 Å². The van der Waals surface area contributed by atoms with Gasteiger partial charge in [0.05, 0.1) is 23.5 Å². The molecule has 104 valence electrons. The highest BCUT2D eigenvalue weighted by molar-refractivity contribution is 5.92. The quantitative estimate of drug-likeness (QED) is 0.672. The molecule has 4 nitrogen and oxygen atoms in total. The maximum Gasteiger partial charge on any atom is 0.338 e. The van der Waals surface area contributed by atoms with Crippen molar-refractivity contribution in [2.24, 2.45) is 11.8 Å². The van der Waals surface area contributed by atoms with Crippen LogP contribution in [0.3, 0.4) is 0 Å². The Hall–Kier alpha value is -1.71. The second-order valence-corrected chi connectivity index (χ2v) is 5.35. The van der Waals surface area contributed by atoms with Crippen LogP contribution in [-0.2, 0) is 4.74 Å². The first kappa shape index (κ1) is 13.7. The third-order valence-corrected chi connectivity index (χ3v) is 3.87. The number of nitrogens with two attached hydrogens (primary N) is 1. The van der Waals surface area contributed by atoms with Gasteiger partial charge in [-0.1, -0.05) is 13.8 Å². The van der Waals surface area contributed by atoms with Crippen molar-refractivity contribution in [3.63, 3.8) is 0 Å². The van der Waals surface area contributed by atoms with Gasteiger partial charge in [-0.25, -0.2) is 4.79 Å². The summed E-state index contributed by atoms with van der Waals surface area (Å²) in [5, 5.41) is 0. The van der Waals surface area contributed by atoms with Gasteiger partial charge < -0.3 is 15.4 Å². The number of nitrogen functional groups attached to an aromatic ring is 1. The Bertz CT molecular complexity index is 463. The van der Waals surface area contributed by atoms with Gasteiger partial charge in [0.2, 0.25) is 0 Å². The minimum Gasteiger partial charge on any atom is -0.462 e. The molecule has 2 unspecified atom stereocenters. The zero-order chi connectivity index (χ0) is 14.0. The Morgan fingerprint density at radius 3 is 2.58 bits per heavy atom. The van der Waals surface area contributed by atoms with Crippen LogP contribution >= 0.6 is 0 Å². The van der Waals surface area contributed by atoms with Crippen molar-refractivity contribution < 1.29 is 9.53 Å². The second-order valence-electron chi connectivity index (χ2n) is 5.35. The second kappa shape index (κ2) is 5.51. The number of benzene rings is 1. The minimum atomic E-state index is -0.288. The third kappa shape index (κ3) is 2.83. The number of carbonyl (C=O) groups excluding carboxylic acids is 1. The van der Waals surface area contributed by atoms with E-state index in [1.54, 1.807) is 19.1 Å². The highest BCUT2D eigenvalue weighted by Crippen LogP contribution is 2.32. The summed E-state index contributed by atoms with van der Waals surface area (Å²) in [6.45, 7) is 8.65. The van der Waals surface area contributed by atoms with E-state index in [9.17, 15) is 4.79 Å². The van der Waals surface area contributed by atoms with Crippen LogP contribution in [0.1, 0.15) is 31.1 Å². The fraction of sp³-hybridized carbons (Fsp3) is 0.533. The summed E-state index contributed by atoms with van der Waals surface area (Å²) in [6.07, 6.45) is 0. The number of nitrogens with zero attached hydrogens (tertiary/aromatic N) is 1. The van der Waals surface area contributed by atoms with Gasteiger partial charge in [-0.2, -0.15) is 0 Å². The van der Waals surface area contributed by atoms with Crippen molar-refractivity contribution in [1.29, 1.82) is 0 Å². The van der Waals surface area contributed by atoms with Gasteiger partial charge in [0.25, 0.3) is 0 Å². The topological polar surface area (TPSA) is 55.6 Å². The molecule has 0 aliphatic carbocycles. The maximum atomic E-state index is 11.8. The highest BCUT2D eigenvalue weighted by Gasteiger charge is 2.27. The van der Waals surface area contributed by atoms with E-state index in [0.29, 0.717) is 29.7 Å². The van der Waals surface area contributed by atoms with Crippen molar-refractivity contribution in [1.82, 2.24) is 0 Å². The average Bonchev–Trinajstić information content (AvgIpc) is 2.70. The highest BCUT2D eigenvalue weighted by atomic mass is 16.5. The summed E-state index contributed by atoms with van der Waals surface area (Å²) in [4.78, 5) is 14.0. The van der Waals surface area contributed by atoms with Crippen LogP contribution in [0, 0.1) is 11.8 Å². The number of hydrogen-bond donors (Lipinski definition) is 1. The normalized spacial score (nSPS) is 22.6. The summed E-state index contributed by atoms with van der Waals surface area (Å²) in [5.74, 6) is 1.00. The van der Waals surface area contributed by atoms with E-state index >= 15 is 0 Å². The zero-order valence-electron chi connectivity index (χ0n) is 11.8. The molecule has 2 atom stereocenters. The molecule has 1 aliphatic heterocycles. The molecule has 19 heavy (non-hydrogen) atoms. The van der Waals surface area contributed by atoms with E-state index in [0.717, 1.165) is 18.8 Å². The molecule has 1 aromatic carbocycles. The van der Waals surface area contributed by atoms with Crippen molar-refractivity contribution in [2.75, 3.05) is 30.3 Å². The van der Waals surface area contributed by atoms with Crippen molar-refractivity contribution in [3.8, 4) is 0 Å². The molecule has 1 fully saturated rings. The lowest BCUT2D eigenvalue weighted by Gasteiger charge is -2.21. The van der Waals surface area contributed by atoms with E-state index in [1.807, 2.05) is 6.07 Å². The third-order valence-electron chi connectivity index (χ3n) is 3.87. The van der Waals surface area contributed by atoms with E-state index in [2.05, 4.69) is 18.7 Å². The first-order valence-corrected chi connectivity index (χ1v) is 6.84. The number of rotatable bonds is 3. The Morgan fingerprint density at radius 1 is 1.37 bits per heavy atom. The van der Waals surface area contributed by atoms with Crippen molar-refractivity contribution in [2.45, 2.75) is 20.8 Å². The fourth-order valence-electron chi connectivity index (χ4n) is 2.49. The fourth-order valence-corrected chi connectivity index (χ4v) is 2.49. The zero-order valence-corrected chi connectivity index (χ0v) is 11.8. The Kier molecular flexibility index (Phi) is 3.98. The lowest BCUT2D eigenvalue weighted by atomic mass is 10.0. The lowest BCUT2D eigenvalue weighted by Crippen LogP contribution is -2.21. The van der Waals surface area contributed by atoms with Crippen LogP contribution in [0.2, 0.25) is 0 Å². The smallest absolute Gasteiger partial charge is 0.338 e. The predicted molar refractivity (Wildman–Crippen MR) is 77.4 cm³/mol. The van der Waals surface area contributed by atoms with Crippen LogP contribution in [-0.4, -0.2) is 25.7 Å². The molecule has 4 heteroatoms. The predicted octanol–water partition coefficient (Wildman–Crippen LogP) is 2.54. The Balaban J connectivity index is 2.25. The molecule has 2 rings (SSSR count). The van der Waals surface area contributed by atoms with E-state index in [-0.39, 0.29) is 5.97 Å². The van der Waals surface area contributed by atoms with Crippen LogP contribution in [0.4, 0.5) is 11.4 Å². The largest absolute Gasteiger partial charge is 0.462 e. The van der Waals surface area contributed by atoms with Crippen molar-refractivity contribution in [3.05, 3.63) is 23.8 Å². The molecular formula is C15H22N2O2. The van der Waals surface area contributed by atoms with Crippen LogP contribution in [0.15, 0.2) is 18.2 Å². The SMILES string of the molecule is CCOC(=O)c1ccc(N)c(N2CC(C)C(C)C2)c1. The number of hydrogen-bond acceptors (Lipinski definition) is 4. The van der Waals surface area contributed by atoms with Gasteiger partial charge in [-0.05, 0) is 37.0 Å². The molecule has 1 aliphatic rings. The molecule has 1 aromatic rings. The number of ether oxygens (including phenoxy) is 1. The number of anilines is 2. The summed E-state index contributed by atoms with van der Waals surface area (Å²) in [6, 6.07) is 5.35. The van der Waals surface area contributed by atoms with Gasteiger partial charge in [0, 0.05) is 13.1 Å². The Labute approximate surface area is 114 Å². The van der Waals surface area contributed by atoms with Gasteiger partial charge in [-0.15, -0.1) is 0 Å². The summed E-state index contributed by atoms with van der Waals surface area (Å²) >= 11 is 0. The summed E-state index contributed by atoms with van der Waals surface area (Å²) in [7, 11) is 0. The van der Waals surface area contributed by atoms with E-state index in [4.69, 9.17) is 10.5 Å². The number of carbonyl (C=O) groups is 1. The molecule has 2 N–H and O–H groups in total. The molecule has 0 bridgehead atoms. The molecule has 0 saturated carbocycles. The molecular weight excluding hydrogens is 240 g/mol. The molecule has 0 radical (unpaired) electrons. The minimum absolute atomic E-state index is 0.288. The van der Waals surface area contributed by atoms with Crippen LogP contribution in [0.5, 0.6) is 0 Å².